The van der Waals surface area contributed by atoms with Gasteiger partial charge in [0, 0.05) is 11.5 Å². The molecule has 0 N–H and O–H groups in total. The molecule has 0 atom stereocenters. The maximum Gasteiger partial charge on any atom is 0.332 e. The van der Waals surface area contributed by atoms with Crippen LogP contribution in [0.3, 0.4) is 0 Å². The van der Waals surface area contributed by atoms with Gasteiger partial charge in [-0.05, 0) is 34.5 Å². The van der Waals surface area contributed by atoms with E-state index in [0.29, 0.717) is 13.2 Å². The molecule has 0 radical (unpaired) electrons. The Morgan fingerprint density at radius 3 is 2.14 bits per heavy atom. The van der Waals surface area contributed by atoms with Crippen LogP contribution in [-0.4, -0.2) is 13.2 Å². The number of hydrogen-bond donors (Lipinski definition) is 0. The van der Waals surface area contributed by atoms with E-state index in [9.17, 15) is 17.6 Å². The van der Waals surface area contributed by atoms with E-state index in [1.807, 2.05) is 22.9 Å². The van der Waals surface area contributed by atoms with Crippen molar-refractivity contribution in [2.24, 2.45) is 5.92 Å². The van der Waals surface area contributed by atoms with E-state index >= 15 is 0 Å². The molecule has 1 aliphatic heterocycles. The topological polar surface area (TPSA) is 18.5 Å². The third-order valence-corrected chi connectivity index (χ3v) is 3.68. The van der Waals surface area contributed by atoms with Crippen LogP contribution >= 0.6 is 15.9 Å². The summed E-state index contributed by atoms with van der Waals surface area (Å²) in [6, 6.07) is 1.64. The van der Waals surface area contributed by atoms with Crippen molar-refractivity contribution in [3.8, 4) is 0 Å². The molecule has 0 unspecified atom stereocenters. The lowest BCUT2D eigenvalue weighted by atomic mass is 10.0. The van der Waals surface area contributed by atoms with Gasteiger partial charge >= 0.3 is 4.83 Å². The highest BCUT2D eigenvalue weighted by molar-refractivity contribution is 9.09. The molecule has 1 fully saturated rings. The highest BCUT2D eigenvalue weighted by Crippen LogP contribution is 2.39. The van der Waals surface area contributed by atoms with Crippen molar-refractivity contribution >= 4 is 15.9 Å². The van der Waals surface area contributed by atoms with Crippen LogP contribution < -0.4 is 0 Å². The van der Waals surface area contributed by atoms with Crippen LogP contribution in [-0.2, 0) is 14.3 Å². The van der Waals surface area contributed by atoms with Crippen LogP contribution in [0, 0.1) is 17.6 Å². The molecule has 0 saturated carbocycles. The minimum atomic E-state index is -3.76. The summed E-state index contributed by atoms with van der Waals surface area (Å²) in [7, 11) is 0. The summed E-state index contributed by atoms with van der Waals surface area (Å²) >= 11 is 1.96. The molecular formula is C14H15BrF4O2. The zero-order chi connectivity index (χ0) is 15.6. The highest BCUT2D eigenvalue weighted by atomic mass is 79.9. The fourth-order valence-electron chi connectivity index (χ4n) is 2.31. The lowest BCUT2D eigenvalue weighted by Crippen LogP contribution is -2.27. The zero-order valence-electron chi connectivity index (χ0n) is 11.3. The average molecular weight is 371 g/mol. The van der Waals surface area contributed by atoms with Crippen molar-refractivity contribution in [3.63, 3.8) is 0 Å². The maximum absolute atomic E-state index is 13.7. The summed E-state index contributed by atoms with van der Waals surface area (Å²) in [5, 5.41) is 0. The van der Waals surface area contributed by atoms with Crippen LogP contribution in [0.25, 0.3) is 0 Å². The first kappa shape index (κ1) is 16.7. The quantitative estimate of drug-likeness (QED) is 0.555. The van der Waals surface area contributed by atoms with E-state index in [2.05, 4.69) is 0 Å². The van der Waals surface area contributed by atoms with Gasteiger partial charge in [0.05, 0.1) is 13.2 Å². The smallest absolute Gasteiger partial charge is 0.332 e. The molecule has 1 aliphatic rings. The number of ether oxygens (including phenoxy) is 2. The lowest BCUT2D eigenvalue weighted by molar-refractivity contribution is -0.206. The van der Waals surface area contributed by atoms with Crippen LogP contribution in [0.1, 0.15) is 37.2 Å². The number of benzene rings is 1. The highest BCUT2D eigenvalue weighted by Gasteiger charge is 2.36. The molecule has 2 nitrogen and oxygen atoms in total. The monoisotopic (exact) mass is 370 g/mol. The van der Waals surface area contributed by atoms with Crippen LogP contribution in [0.4, 0.5) is 17.6 Å². The second-order valence-corrected chi connectivity index (χ2v) is 6.01. The number of halogens is 5. The minimum Gasteiger partial charge on any atom is -0.348 e. The SMILES string of the molecule is CCC[C@H]1CO[C@H](c2cc(F)c(C(F)(F)Br)c(F)c2)OC1. The van der Waals surface area contributed by atoms with Gasteiger partial charge in [0.15, 0.2) is 6.29 Å². The first-order valence-corrected chi connectivity index (χ1v) is 7.41. The molecule has 0 spiro atoms. The van der Waals surface area contributed by atoms with Gasteiger partial charge in [-0.15, -0.1) is 0 Å². The van der Waals surface area contributed by atoms with E-state index < -0.39 is 28.3 Å². The van der Waals surface area contributed by atoms with Crippen LogP contribution in [0.5, 0.6) is 0 Å². The number of rotatable bonds is 4. The molecule has 0 amide bonds. The Labute approximate surface area is 128 Å². The van der Waals surface area contributed by atoms with Crippen molar-refractivity contribution in [1.82, 2.24) is 0 Å². The van der Waals surface area contributed by atoms with Crippen molar-refractivity contribution in [1.29, 1.82) is 0 Å². The molecule has 0 bridgehead atoms. The lowest BCUT2D eigenvalue weighted by Gasteiger charge is -2.29. The van der Waals surface area contributed by atoms with Crippen molar-refractivity contribution < 1.29 is 27.0 Å². The predicted octanol–water partition coefficient (Wildman–Crippen LogP) is 4.87. The molecule has 21 heavy (non-hydrogen) atoms. The maximum atomic E-state index is 13.7. The first-order chi connectivity index (χ1) is 9.82. The predicted molar refractivity (Wildman–Crippen MR) is 72.2 cm³/mol. The Morgan fingerprint density at radius 1 is 1.19 bits per heavy atom. The van der Waals surface area contributed by atoms with Gasteiger partial charge < -0.3 is 9.47 Å². The fourth-order valence-corrected chi connectivity index (χ4v) is 2.69. The third-order valence-electron chi connectivity index (χ3n) is 3.28. The number of alkyl halides is 3. The molecule has 7 heteroatoms. The Bertz CT molecular complexity index is 473. The van der Waals surface area contributed by atoms with Crippen molar-refractivity contribution in [2.45, 2.75) is 30.9 Å². The fraction of sp³-hybridized carbons (Fsp3) is 0.571. The summed E-state index contributed by atoms with van der Waals surface area (Å²) in [6.45, 7) is 2.87. The molecule has 1 heterocycles. The second-order valence-electron chi connectivity index (χ2n) is 5.01. The molecule has 0 aromatic heterocycles. The minimum absolute atomic E-state index is 0.0560. The summed E-state index contributed by atoms with van der Waals surface area (Å²) in [5.74, 6) is -2.43. The van der Waals surface area contributed by atoms with E-state index in [4.69, 9.17) is 9.47 Å². The Morgan fingerprint density at radius 2 is 1.71 bits per heavy atom. The second kappa shape index (κ2) is 6.62. The third kappa shape index (κ3) is 3.96. The van der Waals surface area contributed by atoms with Gasteiger partial charge in [0.1, 0.15) is 17.2 Å². The zero-order valence-corrected chi connectivity index (χ0v) is 12.9. The molecule has 1 aromatic rings. The van der Waals surface area contributed by atoms with Crippen LogP contribution in [0.15, 0.2) is 12.1 Å². The van der Waals surface area contributed by atoms with Gasteiger partial charge in [0.2, 0.25) is 0 Å². The number of hydrogen-bond acceptors (Lipinski definition) is 2. The Balaban J connectivity index is 2.16. The van der Waals surface area contributed by atoms with Crippen LogP contribution in [0.2, 0.25) is 0 Å². The van der Waals surface area contributed by atoms with Gasteiger partial charge in [0.25, 0.3) is 0 Å². The Hall–Kier alpha value is -0.660. The van der Waals surface area contributed by atoms with Gasteiger partial charge in [-0.25, -0.2) is 8.78 Å². The van der Waals surface area contributed by atoms with Crippen molar-refractivity contribution in [3.05, 3.63) is 34.9 Å². The molecule has 118 valence electrons. The normalized spacial score (nSPS) is 23.3. The van der Waals surface area contributed by atoms with E-state index in [1.54, 1.807) is 0 Å². The van der Waals surface area contributed by atoms with E-state index in [-0.39, 0.29) is 11.5 Å². The average Bonchev–Trinajstić information content (AvgIpc) is 2.37. The summed E-state index contributed by atoms with van der Waals surface area (Å²) < 4.78 is 64.3. The van der Waals surface area contributed by atoms with Gasteiger partial charge in [-0.3, -0.25) is 0 Å². The summed E-state index contributed by atoms with van der Waals surface area (Å²) in [4.78, 5) is -3.76. The molecule has 1 aromatic carbocycles. The summed E-state index contributed by atoms with van der Waals surface area (Å²) in [5.41, 5.74) is -1.26. The van der Waals surface area contributed by atoms with Crippen molar-refractivity contribution in [2.75, 3.05) is 13.2 Å². The standard InChI is InChI=1S/C14H15BrF4O2/c1-2-3-8-6-20-13(21-7-8)9-4-10(16)12(11(17)5-9)14(15,18)19/h4-5,8,13H,2-3,6-7H2,1H3/t8-,13-. The molecule has 2 rings (SSSR count). The molecular weight excluding hydrogens is 356 g/mol. The largest absolute Gasteiger partial charge is 0.348 e. The first-order valence-electron chi connectivity index (χ1n) is 6.62. The molecule has 0 aliphatic carbocycles. The summed E-state index contributed by atoms with van der Waals surface area (Å²) in [6.07, 6.45) is 0.991. The van der Waals surface area contributed by atoms with Gasteiger partial charge in [-0.2, -0.15) is 8.78 Å². The van der Waals surface area contributed by atoms with E-state index in [0.717, 1.165) is 25.0 Å². The van der Waals surface area contributed by atoms with Gasteiger partial charge in [-0.1, -0.05) is 13.3 Å². The molecule has 1 saturated heterocycles. The Kier molecular flexibility index (Phi) is 5.27. The van der Waals surface area contributed by atoms with E-state index in [1.165, 1.54) is 0 Å².